The third-order valence-electron chi connectivity index (χ3n) is 3.31. The smallest absolute Gasteiger partial charge is 0.295 e. The molecule has 0 spiro atoms. The minimum Gasteiger partial charge on any atom is -0.376 e. The fourth-order valence-corrected chi connectivity index (χ4v) is 2.22. The Kier molecular flexibility index (Phi) is 5.40. The maximum atomic E-state index is 13.6. The number of hydrogen-bond acceptors (Lipinski definition) is 5. The van der Waals surface area contributed by atoms with E-state index in [1.165, 1.54) is 0 Å². The third-order valence-corrected chi connectivity index (χ3v) is 3.31. The van der Waals surface area contributed by atoms with Crippen LogP contribution in [0.3, 0.4) is 0 Å². The van der Waals surface area contributed by atoms with E-state index < -0.39 is 27.9 Å². The monoisotopic (exact) mass is 301 g/mol. The summed E-state index contributed by atoms with van der Waals surface area (Å²) in [7, 11) is 0. The van der Waals surface area contributed by atoms with Crippen molar-refractivity contribution in [1.29, 1.82) is 0 Å². The summed E-state index contributed by atoms with van der Waals surface area (Å²) >= 11 is 0. The van der Waals surface area contributed by atoms with Crippen molar-refractivity contribution in [2.75, 3.05) is 31.6 Å². The molecule has 0 bridgehead atoms. The molecule has 0 radical (unpaired) electrons. The van der Waals surface area contributed by atoms with Gasteiger partial charge in [-0.15, -0.1) is 0 Å². The number of piperidine rings is 1. The van der Waals surface area contributed by atoms with Crippen LogP contribution in [0.2, 0.25) is 0 Å². The van der Waals surface area contributed by atoms with Crippen molar-refractivity contribution in [3.05, 3.63) is 33.9 Å². The van der Waals surface area contributed by atoms with Gasteiger partial charge in [-0.05, 0) is 32.0 Å². The Morgan fingerprint density at radius 3 is 2.76 bits per heavy atom. The topological polar surface area (TPSA) is 76.4 Å². The number of nitro benzene ring substituents is 1. The molecule has 8 heteroatoms. The van der Waals surface area contributed by atoms with Crippen LogP contribution in [-0.2, 0) is 4.74 Å². The molecule has 1 aromatic rings. The molecule has 1 aliphatic heterocycles. The van der Waals surface area contributed by atoms with E-state index >= 15 is 0 Å². The molecule has 0 aliphatic carbocycles. The highest BCUT2D eigenvalue weighted by atomic mass is 19.2. The molecule has 0 atom stereocenters. The summed E-state index contributed by atoms with van der Waals surface area (Å²) in [4.78, 5) is 10.1. The van der Waals surface area contributed by atoms with Crippen LogP contribution in [-0.4, -0.2) is 37.3 Å². The average Bonchev–Trinajstić information content (AvgIpc) is 2.48. The Labute approximate surface area is 120 Å². The summed E-state index contributed by atoms with van der Waals surface area (Å²) in [5.74, 6) is -2.37. The van der Waals surface area contributed by atoms with Gasteiger partial charge in [0.2, 0.25) is 0 Å². The van der Waals surface area contributed by atoms with E-state index in [4.69, 9.17) is 4.74 Å². The van der Waals surface area contributed by atoms with Crippen molar-refractivity contribution in [2.24, 2.45) is 0 Å². The van der Waals surface area contributed by atoms with Gasteiger partial charge < -0.3 is 15.4 Å². The summed E-state index contributed by atoms with van der Waals surface area (Å²) in [6.07, 6.45) is 1.93. The van der Waals surface area contributed by atoms with Gasteiger partial charge in [-0.3, -0.25) is 10.1 Å². The van der Waals surface area contributed by atoms with E-state index in [0.29, 0.717) is 0 Å². The summed E-state index contributed by atoms with van der Waals surface area (Å²) in [6, 6.07) is 1.68. The fraction of sp³-hybridized carbons (Fsp3) is 0.538. The third kappa shape index (κ3) is 4.08. The van der Waals surface area contributed by atoms with Crippen molar-refractivity contribution < 1.29 is 18.4 Å². The Balaban J connectivity index is 1.90. The molecule has 1 aliphatic rings. The molecular weight excluding hydrogens is 284 g/mol. The lowest BCUT2D eigenvalue weighted by Gasteiger charge is -2.23. The molecule has 1 heterocycles. The number of nitro groups is 1. The van der Waals surface area contributed by atoms with Crippen molar-refractivity contribution in [1.82, 2.24) is 5.32 Å². The zero-order chi connectivity index (χ0) is 15.2. The standard InChI is InChI=1S/C13H17F2N3O3/c14-10-1-2-11(18(19)20)13(12(10)15)17-7-8-21-9-3-5-16-6-4-9/h1-2,9,16-17H,3-8H2. The molecule has 1 aromatic carbocycles. The summed E-state index contributed by atoms with van der Waals surface area (Å²) < 4.78 is 32.3. The van der Waals surface area contributed by atoms with Gasteiger partial charge >= 0.3 is 0 Å². The number of nitrogens with one attached hydrogen (secondary N) is 2. The van der Waals surface area contributed by atoms with E-state index in [-0.39, 0.29) is 19.3 Å². The summed E-state index contributed by atoms with van der Waals surface area (Å²) in [5.41, 5.74) is -0.926. The molecular formula is C13H17F2N3O3. The Bertz CT molecular complexity index is 508. The average molecular weight is 301 g/mol. The SMILES string of the molecule is O=[N+]([O-])c1ccc(F)c(F)c1NCCOC1CCNCC1. The predicted molar refractivity (Wildman–Crippen MR) is 73.3 cm³/mol. The van der Waals surface area contributed by atoms with Crippen LogP contribution < -0.4 is 10.6 Å². The summed E-state index contributed by atoms with van der Waals surface area (Å²) in [6.45, 7) is 2.23. The maximum absolute atomic E-state index is 13.6. The van der Waals surface area contributed by atoms with Gasteiger partial charge in [-0.1, -0.05) is 0 Å². The first-order chi connectivity index (χ1) is 10.1. The van der Waals surface area contributed by atoms with Crippen molar-refractivity contribution >= 4 is 11.4 Å². The zero-order valence-electron chi connectivity index (χ0n) is 11.4. The van der Waals surface area contributed by atoms with Crippen molar-refractivity contribution in [3.8, 4) is 0 Å². The van der Waals surface area contributed by atoms with Crippen LogP contribution in [0.1, 0.15) is 12.8 Å². The Hall–Kier alpha value is -1.80. The molecule has 116 valence electrons. The van der Waals surface area contributed by atoms with Gasteiger partial charge in [0, 0.05) is 12.6 Å². The lowest BCUT2D eigenvalue weighted by Crippen LogP contribution is -2.33. The molecule has 2 rings (SSSR count). The lowest BCUT2D eigenvalue weighted by atomic mass is 10.1. The van der Waals surface area contributed by atoms with Gasteiger partial charge in [0.15, 0.2) is 17.3 Å². The molecule has 2 N–H and O–H groups in total. The van der Waals surface area contributed by atoms with Gasteiger partial charge in [0.05, 0.1) is 17.6 Å². The number of nitrogens with zero attached hydrogens (tertiary/aromatic N) is 1. The van der Waals surface area contributed by atoms with E-state index in [1.807, 2.05) is 0 Å². The fourth-order valence-electron chi connectivity index (χ4n) is 2.22. The highest BCUT2D eigenvalue weighted by molar-refractivity contribution is 5.62. The molecule has 1 saturated heterocycles. The first kappa shape index (κ1) is 15.6. The Morgan fingerprint density at radius 1 is 1.38 bits per heavy atom. The molecule has 1 fully saturated rings. The molecule has 0 amide bonds. The molecule has 6 nitrogen and oxygen atoms in total. The van der Waals surface area contributed by atoms with Crippen LogP contribution in [0.5, 0.6) is 0 Å². The molecule has 0 aromatic heterocycles. The van der Waals surface area contributed by atoms with Crippen molar-refractivity contribution in [2.45, 2.75) is 18.9 Å². The highest BCUT2D eigenvalue weighted by Crippen LogP contribution is 2.28. The van der Waals surface area contributed by atoms with Crippen LogP contribution in [0.25, 0.3) is 0 Å². The molecule has 21 heavy (non-hydrogen) atoms. The minimum atomic E-state index is -1.24. The van der Waals surface area contributed by atoms with Gasteiger partial charge in [-0.2, -0.15) is 0 Å². The second-order valence-electron chi connectivity index (χ2n) is 4.76. The largest absolute Gasteiger partial charge is 0.376 e. The predicted octanol–water partition coefficient (Wildman–Crippen LogP) is 2.05. The van der Waals surface area contributed by atoms with E-state index in [2.05, 4.69) is 10.6 Å². The highest BCUT2D eigenvalue weighted by Gasteiger charge is 2.21. The second kappa shape index (κ2) is 7.28. The molecule has 0 unspecified atom stereocenters. The number of benzene rings is 1. The van der Waals surface area contributed by atoms with Gasteiger partial charge in [0.1, 0.15) is 0 Å². The van der Waals surface area contributed by atoms with Crippen LogP contribution >= 0.6 is 0 Å². The van der Waals surface area contributed by atoms with Crippen molar-refractivity contribution in [3.63, 3.8) is 0 Å². The second-order valence-corrected chi connectivity index (χ2v) is 4.76. The number of ether oxygens (including phenoxy) is 1. The number of anilines is 1. The van der Waals surface area contributed by atoms with Crippen LogP contribution in [0, 0.1) is 21.7 Å². The van der Waals surface area contributed by atoms with Crippen LogP contribution in [0.15, 0.2) is 12.1 Å². The van der Waals surface area contributed by atoms with E-state index in [1.54, 1.807) is 0 Å². The lowest BCUT2D eigenvalue weighted by molar-refractivity contribution is -0.384. The van der Waals surface area contributed by atoms with Gasteiger partial charge in [-0.25, -0.2) is 8.78 Å². The first-order valence-corrected chi connectivity index (χ1v) is 6.78. The first-order valence-electron chi connectivity index (χ1n) is 6.78. The zero-order valence-corrected chi connectivity index (χ0v) is 11.4. The van der Waals surface area contributed by atoms with E-state index in [9.17, 15) is 18.9 Å². The van der Waals surface area contributed by atoms with Gasteiger partial charge in [0.25, 0.3) is 5.69 Å². The normalized spacial score (nSPS) is 15.9. The molecule has 0 saturated carbocycles. The number of rotatable bonds is 6. The van der Waals surface area contributed by atoms with Crippen LogP contribution in [0.4, 0.5) is 20.2 Å². The minimum absolute atomic E-state index is 0.139. The number of hydrogen-bond donors (Lipinski definition) is 2. The van der Waals surface area contributed by atoms with E-state index in [0.717, 1.165) is 38.1 Å². The summed E-state index contributed by atoms with van der Waals surface area (Å²) in [5, 5.41) is 16.6. The number of halogens is 2. The maximum Gasteiger partial charge on any atom is 0.295 e. The Morgan fingerprint density at radius 2 is 2.10 bits per heavy atom. The quantitative estimate of drug-likeness (QED) is 0.478.